The van der Waals surface area contributed by atoms with E-state index in [9.17, 15) is 0 Å². The van der Waals surface area contributed by atoms with E-state index < -0.39 is 0 Å². The number of benzene rings is 7. The second-order valence-electron chi connectivity index (χ2n) is 13.3. The van der Waals surface area contributed by atoms with Crippen molar-refractivity contribution in [1.82, 2.24) is 14.1 Å². The van der Waals surface area contributed by atoms with Crippen LogP contribution in [0.5, 0.6) is 0 Å². The maximum absolute atomic E-state index is 5.17. The molecule has 10 aromatic rings. The van der Waals surface area contributed by atoms with E-state index >= 15 is 0 Å². The molecule has 7 aromatic carbocycles. The number of fused-ring (bicyclic) bond motifs is 4. The summed E-state index contributed by atoms with van der Waals surface area (Å²) in [6.45, 7) is 0. The highest BCUT2D eigenvalue weighted by Crippen LogP contribution is 2.37. The topological polar surface area (TPSA) is 22.8 Å². The maximum Gasteiger partial charge on any atom is 0.0730 e. The van der Waals surface area contributed by atoms with Gasteiger partial charge in [0.05, 0.1) is 39.3 Å². The molecule has 244 valence electrons. The Morgan fingerprint density at radius 1 is 0.308 bits per heavy atom. The average molecular weight is 664 g/mol. The van der Waals surface area contributed by atoms with Crippen molar-refractivity contribution in [3.63, 3.8) is 0 Å². The lowest BCUT2D eigenvalue weighted by atomic mass is 10.0. The Morgan fingerprint density at radius 2 is 0.808 bits per heavy atom. The van der Waals surface area contributed by atoms with E-state index in [0.717, 1.165) is 50.7 Å². The van der Waals surface area contributed by atoms with Gasteiger partial charge in [-0.2, -0.15) is 0 Å². The molecule has 3 nitrogen and oxygen atoms in total. The minimum atomic E-state index is 0.941. The molecule has 0 aliphatic rings. The van der Waals surface area contributed by atoms with Crippen molar-refractivity contribution in [2.75, 3.05) is 0 Å². The van der Waals surface area contributed by atoms with Gasteiger partial charge in [-0.25, -0.2) is 4.98 Å². The van der Waals surface area contributed by atoms with Crippen molar-refractivity contribution in [2.45, 2.75) is 0 Å². The Hall–Kier alpha value is -6.97. The van der Waals surface area contributed by atoms with Crippen LogP contribution in [0.2, 0.25) is 0 Å². The minimum Gasteiger partial charge on any atom is -0.309 e. The van der Waals surface area contributed by atoms with Gasteiger partial charge in [0.1, 0.15) is 0 Å². The summed E-state index contributed by atoms with van der Waals surface area (Å²) in [7, 11) is 0. The third-order valence-corrected chi connectivity index (χ3v) is 10.1. The Balaban J connectivity index is 1.14. The van der Waals surface area contributed by atoms with Gasteiger partial charge in [-0.15, -0.1) is 0 Å². The number of rotatable bonds is 6. The van der Waals surface area contributed by atoms with Gasteiger partial charge in [-0.3, -0.25) is 0 Å². The molecule has 0 fully saturated rings. The molecule has 0 aliphatic heterocycles. The highest BCUT2D eigenvalue weighted by molar-refractivity contribution is 6.09. The van der Waals surface area contributed by atoms with Crippen LogP contribution in [0.4, 0.5) is 0 Å². The third-order valence-electron chi connectivity index (χ3n) is 10.1. The molecule has 0 N–H and O–H groups in total. The normalized spacial score (nSPS) is 11.5. The van der Waals surface area contributed by atoms with E-state index in [2.05, 4.69) is 209 Å². The summed E-state index contributed by atoms with van der Waals surface area (Å²) < 4.78 is 4.78. The van der Waals surface area contributed by atoms with Crippen LogP contribution in [0, 0.1) is 0 Å². The predicted molar refractivity (Wildman–Crippen MR) is 217 cm³/mol. The van der Waals surface area contributed by atoms with E-state index in [1.165, 1.54) is 38.3 Å². The van der Waals surface area contributed by atoms with Crippen molar-refractivity contribution in [3.8, 4) is 56.3 Å². The van der Waals surface area contributed by atoms with E-state index in [4.69, 9.17) is 4.98 Å². The molecule has 10 rings (SSSR count). The van der Waals surface area contributed by atoms with Crippen molar-refractivity contribution >= 4 is 32.7 Å². The van der Waals surface area contributed by atoms with Gasteiger partial charge in [0, 0.05) is 33.0 Å². The molecule has 0 saturated heterocycles. The Kier molecular flexibility index (Phi) is 7.14. The Bertz CT molecular complexity index is 2790. The largest absolute Gasteiger partial charge is 0.309 e. The maximum atomic E-state index is 5.17. The van der Waals surface area contributed by atoms with Gasteiger partial charge < -0.3 is 9.13 Å². The molecular formula is C49H33N3. The van der Waals surface area contributed by atoms with E-state index in [0.29, 0.717) is 0 Å². The lowest BCUT2D eigenvalue weighted by Gasteiger charge is -2.16. The molecule has 0 saturated carbocycles. The zero-order valence-corrected chi connectivity index (χ0v) is 28.4. The summed E-state index contributed by atoms with van der Waals surface area (Å²) >= 11 is 0. The molecule has 0 unspecified atom stereocenters. The number of para-hydroxylation sites is 3. The molecule has 52 heavy (non-hydrogen) atoms. The molecule has 0 radical (unpaired) electrons. The zero-order valence-electron chi connectivity index (χ0n) is 28.4. The SMILES string of the molecule is c1ccc(-c2cc(-n3c(-c4cccc(-c5cccc(-n6c7ccccc7c7ccccc76)c5)c4)cc4ccccc43)cc(-c3ccccc3)n2)cc1. The second kappa shape index (κ2) is 12.4. The van der Waals surface area contributed by atoms with Crippen LogP contribution in [-0.2, 0) is 0 Å². The number of aromatic nitrogens is 3. The summed E-state index contributed by atoms with van der Waals surface area (Å²) in [5.74, 6) is 0. The average Bonchev–Trinajstić information content (AvgIpc) is 3.78. The lowest BCUT2D eigenvalue weighted by molar-refractivity contribution is 1.12. The summed E-state index contributed by atoms with van der Waals surface area (Å²) in [4.78, 5) is 5.17. The molecule has 3 aromatic heterocycles. The van der Waals surface area contributed by atoms with Crippen molar-refractivity contribution in [2.24, 2.45) is 0 Å². The first-order chi connectivity index (χ1) is 25.8. The first-order valence-corrected chi connectivity index (χ1v) is 17.7. The van der Waals surface area contributed by atoms with Gasteiger partial charge in [0.25, 0.3) is 0 Å². The number of hydrogen-bond acceptors (Lipinski definition) is 1. The molecule has 0 bridgehead atoms. The van der Waals surface area contributed by atoms with E-state index in [1.54, 1.807) is 0 Å². The molecule has 0 spiro atoms. The highest BCUT2D eigenvalue weighted by atomic mass is 15.0. The van der Waals surface area contributed by atoms with Crippen molar-refractivity contribution in [3.05, 3.63) is 200 Å². The van der Waals surface area contributed by atoms with Gasteiger partial charge >= 0.3 is 0 Å². The summed E-state index contributed by atoms with van der Waals surface area (Å²) in [5, 5.41) is 3.72. The van der Waals surface area contributed by atoms with Gasteiger partial charge in [-0.05, 0) is 71.3 Å². The highest BCUT2D eigenvalue weighted by Gasteiger charge is 2.17. The number of hydrogen-bond donors (Lipinski definition) is 0. The second-order valence-corrected chi connectivity index (χ2v) is 13.3. The summed E-state index contributed by atoms with van der Waals surface area (Å²) in [5.41, 5.74) is 14.5. The first-order valence-electron chi connectivity index (χ1n) is 17.7. The first kappa shape index (κ1) is 29.9. The van der Waals surface area contributed by atoms with Crippen molar-refractivity contribution in [1.29, 1.82) is 0 Å². The fourth-order valence-corrected chi connectivity index (χ4v) is 7.69. The molecule has 0 amide bonds. The fourth-order valence-electron chi connectivity index (χ4n) is 7.69. The van der Waals surface area contributed by atoms with Crippen LogP contribution in [0.3, 0.4) is 0 Å². The lowest BCUT2D eigenvalue weighted by Crippen LogP contribution is -2.00. The van der Waals surface area contributed by atoms with E-state index in [1.807, 2.05) is 0 Å². The van der Waals surface area contributed by atoms with Crippen molar-refractivity contribution < 1.29 is 0 Å². The smallest absolute Gasteiger partial charge is 0.0730 e. The van der Waals surface area contributed by atoms with E-state index in [-0.39, 0.29) is 0 Å². The monoisotopic (exact) mass is 663 g/mol. The van der Waals surface area contributed by atoms with Crippen LogP contribution in [0.15, 0.2) is 200 Å². The molecule has 0 aliphatic carbocycles. The Labute approximate surface area is 302 Å². The number of pyridine rings is 1. The molecule has 0 atom stereocenters. The molecular weight excluding hydrogens is 631 g/mol. The van der Waals surface area contributed by atoms with Crippen LogP contribution < -0.4 is 0 Å². The fraction of sp³-hybridized carbons (Fsp3) is 0. The summed E-state index contributed by atoms with van der Waals surface area (Å²) in [6.07, 6.45) is 0. The molecule has 3 heteroatoms. The predicted octanol–water partition coefficient (Wildman–Crippen LogP) is 12.8. The van der Waals surface area contributed by atoms with Gasteiger partial charge in [0.2, 0.25) is 0 Å². The minimum absolute atomic E-state index is 0.941. The third kappa shape index (κ3) is 5.10. The van der Waals surface area contributed by atoms with Crippen LogP contribution in [0.1, 0.15) is 0 Å². The van der Waals surface area contributed by atoms with Crippen LogP contribution in [0.25, 0.3) is 89.0 Å². The van der Waals surface area contributed by atoms with Gasteiger partial charge in [0.15, 0.2) is 0 Å². The quantitative estimate of drug-likeness (QED) is 0.174. The number of nitrogens with zero attached hydrogens (tertiary/aromatic N) is 3. The van der Waals surface area contributed by atoms with Crippen LogP contribution in [-0.4, -0.2) is 14.1 Å². The van der Waals surface area contributed by atoms with Crippen LogP contribution >= 0.6 is 0 Å². The standard InChI is InChI=1S/C49H33N3/c1-3-15-34(16-4-1)44-32-41(33-45(50-44)35-17-5-2-6-18-35)52-46-26-10-7-19-39(46)31-49(52)38-22-13-20-36(29-38)37-21-14-23-40(30-37)51-47-27-11-8-24-42(47)43-25-9-12-28-48(43)51/h1-33H. The molecule has 3 heterocycles. The van der Waals surface area contributed by atoms with Gasteiger partial charge in [-0.1, -0.05) is 146 Å². The summed E-state index contributed by atoms with van der Waals surface area (Å²) in [6, 6.07) is 71.5. The zero-order chi connectivity index (χ0) is 34.4. The Morgan fingerprint density at radius 3 is 1.46 bits per heavy atom.